The number of hydrogen-bond acceptors (Lipinski definition) is 3. The van der Waals surface area contributed by atoms with Gasteiger partial charge in [0.1, 0.15) is 0 Å². The predicted molar refractivity (Wildman–Crippen MR) is 112 cm³/mol. The van der Waals surface area contributed by atoms with Crippen molar-refractivity contribution in [3.8, 4) is 0 Å². The number of hydrogen-bond donors (Lipinski definition) is 1. The van der Waals surface area contributed by atoms with Crippen LogP contribution >= 0.6 is 28.1 Å². The number of benzene rings is 2. The van der Waals surface area contributed by atoms with Crippen LogP contribution in [0.4, 0.5) is 5.69 Å². The van der Waals surface area contributed by atoms with E-state index in [9.17, 15) is 0 Å². The lowest BCUT2D eigenvalue weighted by Gasteiger charge is -2.24. The molecule has 0 radical (unpaired) electrons. The molecule has 1 atom stereocenters. The fourth-order valence-electron chi connectivity index (χ4n) is 2.88. The van der Waals surface area contributed by atoms with E-state index in [1.807, 2.05) is 38.3 Å². The Bertz CT molecular complexity index is 784. The first kappa shape index (κ1) is 17.9. The number of nitrogens with one attached hydrogen (secondary N) is 1. The highest BCUT2D eigenvalue weighted by atomic mass is 79.9. The van der Waals surface area contributed by atoms with Gasteiger partial charge in [-0.15, -0.1) is 0 Å². The van der Waals surface area contributed by atoms with Crippen LogP contribution in [0.15, 0.2) is 58.1 Å². The third-order valence-electron chi connectivity index (χ3n) is 4.30. The molecule has 3 rings (SSSR count). The second-order valence-electron chi connectivity index (χ2n) is 6.16. The molecule has 130 valence electrons. The van der Waals surface area contributed by atoms with Crippen LogP contribution in [-0.4, -0.2) is 37.0 Å². The molecule has 2 aromatic rings. The van der Waals surface area contributed by atoms with Gasteiger partial charge in [0.25, 0.3) is 0 Å². The van der Waals surface area contributed by atoms with Gasteiger partial charge in [0.15, 0.2) is 5.11 Å². The van der Waals surface area contributed by atoms with Crippen molar-refractivity contribution in [1.29, 1.82) is 0 Å². The molecule has 6 heteroatoms. The minimum Gasteiger partial charge on any atom is -0.378 e. The topological polar surface area (TPSA) is 30.9 Å². The normalized spacial score (nSPS) is 16.6. The van der Waals surface area contributed by atoms with Gasteiger partial charge in [-0.05, 0) is 47.6 Å². The smallest absolute Gasteiger partial charge is 0.189 e. The molecule has 0 saturated heterocycles. The van der Waals surface area contributed by atoms with E-state index in [0.29, 0.717) is 5.11 Å². The van der Waals surface area contributed by atoms with Crippen LogP contribution in [0.1, 0.15) is 23.6 Å². The van der Waals surface area contributed by atoms with E-state index in [4.69, 9.17) is 17.3 Å². The first-order chi connectivity index (χ1) is 12.0. The molecular formula is C19H21BrN4S. The summed E-state index contributed by atoms with van der Waals surface area (Å²) in [4.78, 5) is 2.10. The average Bonchev–Trinajstić information content (AvgIpc) is 3.07. The summed E-state index contributed by atoms with van der Waals surface area (Å²) in [7, 11) is 5.92. The molecule has 0 bridgehead atoms. The molecule has 1 heterocycles. The Morgan fingerprint density at radius 2 is 1.80 bits per heavy atom. The highest BCUT2D eigenvalue weighted by Gasteiger charge is 2.31. The van der Waals surface area contributed by atoms with E-state index < -0.39 is 0 Å². The maximum absolute atomic E-state index is 5.48. The second kappa shape index (κ2) is 7.54. The van der Waals surface area contributed by atoms with E-state index in [1.165, 1.54) is 11.3 Å². The third kappa shape index (κ3) is 3.85. The van der Waals surface area contributed by atoms with Crippen LogP contribution in [0.2, 0.25) is 0 Å². The van der Waals surface area contributed by atoms with Gasteiger partial charge < -0.3 is 10.2 Å². The van der Waals surface area contributed by atoms with E-state index >= 15 is 0 Å². The lowest BCUT2D eigenvalue weighted by atomic mass is 9.98. The van der Waals surface area contributed by atoms with E-state index in [1.54, 1.807) is 0 Å². The fraction of sp³-hybridized carbons (Fsp3) is 0.263. The predicted octanol–water partition coefficient (Wildman–Crippen LogP) is 4.17. The van der Waals surface area contributed by atoms with Gasteiger partial charge in [-0.2, -0.15) is 5.10 Å². The van der Waals surface area contributed by atoms with Gasteiger partial charge in [0, 0.05) is 37.7 Å². The van der Waals surface area contributed by atoms with Crippen LogP contribution in [0, 0.1) is 0 Å². The summed E-state index contributed by atoms with van der Waals surface area (Å²) in [5.41, 5.74) is 4.56. The van der Waals surface area contributed by atoms with Crippen molar-refractivity contribution in [2.24, 2.45) is 5.10 Å². The monoisotopic (exact) mass is 416 g/mol. The summed E-state index contributed by atoms with van der Waals surface area (Å²) >= 11 is 8.96. The Kier molecular flexibility index (Phi) is 5.39. The van der Waals surface area contributed by atoms with Gasteiger partial charge in [-0.1, -0.05) is 40.2 Å². The second-order valence-corrected chi connectivity index (χ2v) is 7.46. The highest BCUT2D eigenvalue weighted by molar-refractivity contribution is 9.10. The van der Waals surface area contributed by atoms with E-state index in [2.05, 4.69) is 62.5 Å². The van der Waals surface area contributed by atoms with Crippen LogP contribution in [0.5, 0.6) is 0 Å². The van der Waals surface area contributed by atoms with Crippen molar-refractivity contribution >= 4 is 44.7 Å². The molecule has 1 aliphatic heterocycles. The van der Waals surface area contributed by atoms with E-state index in [-0.39, 0.29) is 6.04 Å². The molecule has 0 unspecified atom stereocenters. The summed E-state index contributed by atoms with van der Waals surface area (Å²) in [6.07, 6.45) is 0.824. The standard InChI is InChI=1S/C19H21BrN4S/c1-21-19(25)24-18(14-6-10-16(11-7-14)23(2)3)12-17(22-24)13-4-8-15(20)9-5-13/h4-11,18H,12H2,1-3H3,(H,21,25)/t18-/m1/s1. The molecule has 4 nitrogen and oxygen atoms in total. The van der Waals surface area contributed by atoms with Crippen LogP contribution in [0.3, 0.4) is 0 Å². The molecule has 2 aromatic carbocycles. The zero-order valence-corrected chi connectivity index (χ0v) is 16.9. The van der Waals surface area contributed by atoms with Crippen molar-refractivity contribution < 1.29 is 0 Å². The molecule has 0 aliphatic carbocycles. The van der Waals surface area contributed by atoms with Gasteiger partial charge in [-0.25, -0.2) is 5.01 Å². The molecule has 25 heavy (non-hydrogen) atoms. The van der Waals surface area contributed by atoms with Crippen molar-refractivity contribution in [2.75, 3.05) is 26.0 Å². The Hall–Kier alpha value is -1.92. The van der Waals surface area contributed by atoms with E-state index in [0.717, 1.165) is 22.2 Å². The van der Waals surface area contributed by atoms with Crippen LogP contribution in [0.25, 0.3) is 0 Å². The lowest BCUT2D eigenvalue weighted by Crippen LogP contribution is -2.34. The summed E-state index contributed by atoms with van der Waals surface area (Å²) in [6, 6.07) is 16.9. The molecule has 0 fully saturated rings. The average molecular weight is 417 g/mol. The fourth-order valence-corrected chi connectivity index (χ4v) is 3.32. The lowest BCUT2D eigenvalue weighted by molar-refractivity contribution is 0.367. The van der Waals surface area contributed by atoms with Crippen molar-refractivity contribution in [3.05, 3.63) is 64.1 Å². The minimum atomic E-state index is 0.106. The SMILES string of the molecule is CNC(=S)N1N=C(c2ccc(Br)cc2)C[C@@H]1c1ccc(N(C)C)cc1. The first-order valence-corrected chi connectivity index (χ1v) is 9.31. The van der Waals surface area contributed by atoms with Gasteiger partial charge in [0.05, 0.1) is 11.8 Å². The third-order valence-corrected chi connectivity index (χ3v) is 5.22. The summed E-state index contributed by atoms with van der Waals surface area (Å²) in [5.74, 6) is 0. The Labute approximate surface area is 162 Å². The zero-order valence-electron chi connectivity index (χ0n) is 14.5. The molecule has 0 spiro atoms. The minimum absolute atomic E-state index is 0.106. The first-order valence-electron chi connectivity index (χ1n) is 8.11. The quantitative estimate of drug-likeness (QED) is 0.760. The van der Waals surface area contributed by atoms with Crippen molar-refractivity contribution in [3.63, 3.8) is 0 Å². The number of rotatable bonds is 3. The molecule has 1 N–H and O–H groups in total. The Morgan fingerprint density at radius 1 is 1.16 bits per heavy atom. The number of anilines is 1. The largest absolute Gasteiger partial charge is 0.378 e. The molecule has 0 saturated carbocycles. The summed E-state index contributed by atoms with van der Waals surface area (Å²) in [6.45, 7) is 0. The molecule has 1 aliphatic rings. The van der Waals surface area contributed by atoms with Gasteiger partial charge in [0.2, 0.25) is 0 Å². The Morgan fingerprint density at radius 3 is 2.36 bits per heavy atom. The summed E-state index contributed by atoms with van der Waals surface area (Å²) < 4.78 is 1.06. The number of thiocarbonyl (C=S) groups is 1. The van der Waals surface area contributed by atoms with Crippen molar-refractivity contribution in [1.82, 2.24) is 10.3 Å². The van der Waals surface area contributed by atoms with Gasteiger partial charge in [-0.3, -0.25) is 0 Å². The van der Waals surface area contributed by atoms with Crippen molar-refractivity contribution in [2.45, 2.75) is 12.5 Å². The van der Waals surface area contributed by atoms with Crippen LogP contribution in [-0.2, 0) is 0 Å². The maximum Gasteiger partial charge on any atom is 0.189 e. The molecule has 0 amide bonds. The number of nitrogens with zero attached hydrogens (tertiary/aromatic N) is 3. The number of hydrazone groups is 1. The summed E-state index contributed by atoms with van der Waals surface area (Å²) in [5, 5.41) is 10.4. The molecule has 0 aromatic heterocycles. The Balaban J connectivity index is 1.91. The molecular weight excluding hydrogens is 396 g/mol. The highest BCUT2D eigenvalue weighted by Crippen LogP contribution is 2.33. The zero-order chi connectivity index (χ0) is 18.0. The maximum atomic E-state index is 5.48. The van der Waals surface area contributed by atoms with Gasteiger partial charge >= 0.3 is 0 Å². The number of halogens is 1. The van der Waals surface area contributed by atoms with Crippen LogP contribution < -0.4 is 10.2 Å².